The van der Waals surface area contributed by atoms with Crippen LogP contribution in [-0.4, -0.2) is 35.8 Å². The molecule has 1 amide bonds. The Kier molecular flexibility index (Phi) is 6.39. The Morgan fingerprint density at radius 2 is 1.94 bits per heavy atom. The van der Waals surface area contributed by atoms with E-state index in [2.05, 4.69) is 5.10 Å². The molecule has 0 aliphatic carbocycles. The van der Waals surface area contributed by atoms with Crippen molar-refractivity contribution < 1.29 is 27.9 Å². The molecule has 4 rings (SSSR count). The summed E-state index contributed by atoms with van der Waals surface area (Å²) in [6.45, 7) is 4.16. The third-order valence-electron chi connectivity index (χ3n) is 4.82. The van der Waals surface area contributed by atoms with Crippen molar-refractivity contribution in [3.8, 4) is 5.75 Å². The standard InChI is InChI=1S/C24H24N2O6/c1-16(2)14-31-18-7-3-6-17(12-18)24(28)32-15-23(27)26-20(22-9-5-11-30-22)13-19(25-26)21-8-4-10-29-21/h3-12,16,20H,13-15H2,1-2H3/t20-/m1/s1. The molecule has 1 atom stereocenters. The van der Waals surface area contributed by atoms with E-state index in [1.54, 1.807) is 54.8 Å². The summed E-state index contributed by atoms with van der Waals surface area (Å²) in [6.07, 6.45) is 3.51. The van der Waals surface area contributed by atoms with Crippen molar-refractivity contribution in [3.63, 3.8) is 0 Å². The fraction of sp³-hybridized carbons (Fsp3) is 0.292. The Balaban J connectivity index is 1.43. The molecule has 0 spiro atoms. The monoisotopic (exact) mass is 436 g/mol. The van der Waals surface area contributed by atoms with Gasteiger partial charge in [-0.15, -0.1) is 0 Å². The molecule has 3 heterocycles. The van der Waals surface area contributed by atoms with Crippen molar-refractivity contribution in [3.05, 3.63) is 78.1 Å². The highest BCUT2D eigenvalue weighted by molar-refractivity contribution is 6.01. The first-order valence-corrected chi connectivity index (χ1v) is 10.4. The lowest BCUT2D eigenvalue weighted by Crippen LogP contribution is -2.31. The van der Waals surface area contributed by atoms with Crippen LogP contribution in [0.5, 0.6) is 5.75 Å². The van der Waals surface area contributed by atoms with Crippen LogP contribution in [0.25, 0.3) is 0 Å². The smallest absolute Gasteiger partial charge is 0.338 e. The van der Waals surface area contributed by atoms with Gasteiger partial charge in [0.05, 0.1) is 24.7 Å². The number of amides is 1. The number of nitrogens with zero attached hydrogens (tertiary/aromatic N) is 2. The maximum Gasteiger partial charge on any atom is 0.338 e. The summed E-state index contributed by atoms with van der Waals surface area (Å²) in [4.78, 5) is 25.4. The van der Waals surface area contributed by atoms with Gasteiger partial charge in [0.15, 0.2) is 6.61 Å². The summed E-state index contributed by atoms with van der Waals surface area (Å²) in [5.41, 5.74) is 0.925. The molecule has 0 unspecified atom stereocenters. The van der Waals surface area contributed by atoms with E-state index in [4.69, 9.17) is 18.3 Å². The third kappa shape index (κ3) is 4.91. The molecule has 0 radical (unpaired) electrons. The Labute approximate surface area is 185 Å². The van der Waals surface area contributed by atoms with Crippen molar-refractivity contribution in [2.45, 2.75) is 26.3 Å². The summed E-state index contributed by atoms with van der Waals surface area (Å²) in [6, 6.07) is 13.3. The number of benzene rings is 1. The van der Waals surface area contributed by atoms with Crippen LogP contribution >= 0.6 is 0 Å². The molecular formula is C24H24N2O6. The molecule has 2 aromatic heterocycles. The van der Waals surface area contributed by atoms with Gasteiger partial charge < -0.3 is 18.3 Å². The average Bonchev–Trinajstić information content (AvgIpc) is 3.56. The molecule has 0 bridgehead atoms. The quantitative estimate of drug-likeness (QED) is 0.485. The zero-order valence-corrected chi connectivity index (χ0v) is 17.9. The maximum absolute atomic E-state index is 12.9. The van der Waals surface area contributed by atoms with Crippen molar-refractivity contribution in [1.29, 1.82) is 0 Å². The van der Waals surface area contributed by atoms with Crippen LogP contribution in [0.2, 0.25) is 0 Å². The fourth-order valence-electron chi connectivity index (χ4n) is 3.29. The van der Waals surface area contributed by atoms with Crippen molar-refractivity contribution in [2.75, 3.05) is 13.2 Å². The average molecular weight is 436 g/mol. The second kappa shape index (κ2) is 9.55. The van der Waals surface area contributed by atoms with Crippen molar-refractivity contribution in [2.24, 2.45) is 11.0 Å². The number of hydrogen-bond donors (Lipinski definition) is 0. The Bertz CT molecular complexity index is 1090. The first-order valence-electron chi connectivity index (χ1n) is 10.4. The molecule has 1 aliphatic heterocycles. The Morgan fingerprint density at radius 1 is 1.12 bits per heavy atom. The largest absolute Gasteiger partial charge is 0.493 e. The van der Waals surface area contributed by atoms with Gasteiger partial charge in [0, 0.05) is 6.42 Å². The van der Waals surface area contributed by atoms with E-state index in [1.165, 1.54) is 11.3 Å². The number of esters is 1. The normalized spacial score (nSPS) is 15.7. The van der Waals surface area contributed by atoms with Crippen LogP contribution in [0.4, 0.5) is 0 Å². The van der Waals surface area contributed by atoms with Gasteiger partial charge in [-0.3, -0.25) is 4.79 Å². The number of furan rings is 2. The minimum Gasteiger partial charge on any atom is -0.493 e. The topological polar surface area (TPSA) is 94.5 Å². The van der Waals surface area contributed by atoms with Gasteiger partial charge in [0.2, 0.25) is 0 Å². The molecule has 1 aliphatic rings. The molecule has 0 saturated heterocycles. The van der Waals surface area contributed by atoms with Gasteiger partial charge in [-0.05, 0) is 48.4 Å². The van der Waals surface area contributed by atoms with Gasteiger partial charge in [0.1, 0.15) is 29.0 Å². The van der Waals surface area contributed by atoms with E-state index in [-0.39, 0.29) is 0 Å². The molecule has 166 valence electrons. The van der Waals surface area contributed by atoms with E-state index < -0.39 is 24.5 Å². The van der Waals surface area contributed by atoms with Crippen molar-refractivity contribution >= 4 is 17.6 Å². The zero-order chi connectivity index (χ0) is 22.5. The zero-order valence-electron chi connectivity index (χ0n) is 17.9. The van der Waals surface area contributed by atoms with Crippen LogP contribution in [0, 0.1) is 5.92 Å². The highest BCUT2D eigenvalue weighted by Gasteiger charge is 2.36. The summed E-state index contributed by atoms with van der Waals surface area (Å²) in [7, 11) is 0. The molecular weight excluding hydrogens is 412 g/mol. The molecule has 3 aromatic rings. The lowest BCUT2D eigenvalue weighted by atomic mass is 10.1. The molecule has 32 heavy (non-hydrogen) atoms. The highest BCUT2D eigenvalue weighted by Crippen LogP contribution is 2.33. The summed E-state index contributed by atoms with van der Waals surface area (Å²) < 4.78 is 21.8. The number of hydrogen-bond acceptors (Lipinski definition) is 7. The lowest BCUT2D eigenvalue weighted by Gasteiger charge is -2.19. The van der Waals surface area contributed by atoms with Gasteiger partial charge in [-0.25, -0.2) is 9.80 Å². The first kappa shape index (κ1) is 21.4. The van der Waals surface area contributed by atoms with E-state index in [1.807, 2.05) is 13.8 Å². The van der Waals surface area contributed by atoms with Crippen LogP contribution in [0.1, 0.15) is 48.2 Å². The first-order chi connectivity index (χ1) is 15.5. The van der Waals surface area contributed by atoms with Gasteiger partial charge in [0.25, 0.3) is 5.91 Å². The summed E-state index contributed by atoms with van der Waals surface area (Å²) in [5, 5.41) is 5.69. The summed E-state index contributed by atoms with van der Waals surface area (Å²) >= 11 is 0. The Morgan fingerprint density at radius 3 is 2.66 bits per heavy atom. The predicted octanol–water partition coefficient (Wildman–Crippen LogP) is 4.44. The maximum atomic E-state index is 12.9. The van der Waals surface area contributed by atoms with Crippen LogP contribution in [0.3, 0.4) is 0 Å². The van der Waals surface area contributed by atoms with E-state index in [9.17, 15) is 9.59 Å². The number of carbonyl (C=O) groups is 2. The fourth-order valence-corrected chi connectivity index (χ4v) is 3.29. The van der Waals surface area contributed by atoms with E-state index >= 15 is 0 Å². The lowest BCUT2D eigenvalue weighted by molar-refractivity contribution is -0.136. The molecule has 8 nitrogen and oxygen atoms in total. The highest BCUT2D eigenvalue weighted by atomic mass is 16.5. The predicted molar refractivity (Wildman–Crippen MR) is 115 cm³/mol. The number of hydrazone groups is 1. The second-order valence-electron chi connectivity index (χ2n) is 7.81. The van der Waals surface area contributed by atoms with Gasteiger partial charge >= 0.3 is 5.97 Å². The van der Waals surface area contributed by atoms with Crippen LogP contribution in [0.15, 0.2) is 75.0 Å². The van der Waals surface area contributed by atoms with Gasteiger partial charge in [-0.2, -0.15) is 5.10 Å². The molecule has 0 fully saturated rings. The Hall–Kier alpha value is -3.81. The SMILES string of the molecule is CC(C)COc1cccc(C(=O)OCC(=O)N2N=C(c3ccco3)C[C@@H]2c2ccco2)c1. The molecule has 0 saturated carbocycles. The molecule has 8 heteroatoms. The number of carbonyl (C=O) groups excluding carboxylic acids is 2. The van der Waals surface area contributed by atoms with E-state index in [0.717, 1.165) is 0 Å². The minimum atomic E-state index is -0.614. The second-order valence-corrected chi connectivity index (χ2v) is 7.81. The minimum absolute atomic E-state index is 0.308. The third-order valence-corrected chi connectivity index (χ3v) is 4.82. The van der Waals surface area contributed by atoms with Gasteiger partial charge in [-0.1, -0.05) is 19.9 Å². The van der Waals surface area contributed by atoms with Crippen LogP contribution in [-0.2, 0) is 9.53 Å². The van der Waals surface area contributed by atoms with E-state index in [0.29, 0.717) is 47.5 Å². The molecule has 1 aromatic carbocycles. The summed E-state index contributed by atoms with van der Waals surface area (Å²) in [5.74, 6) is 1.02. The number of ether oxygens (including phenoxy) is 2. The number of rotatable bonds is 8. The van der Waals surface area contributed by atoms with Crippen LogP contribution < -0.4 is 4.74 Å². The molecule has 0 N–H and O–H groups in total. The van der Waals surface area contributed by atoms with Crippen molar-refractivity contribution in [1.82, 2.24) is 5.01 Å².